The minimum Gasteiger partial charge on any atom is -0.468 e. The number of carbonyl (C=O) groups excluding carboxylic acids is 1. The fourth-order valence-electron chi connectivity index (χ4n) is 3.60. The maximum atomic E-state index is 13.7. The highest BCUT2D eigenvalue weighted by Crippen LogP contribution is 2.20. The Balaban J connectivity index is 1.21. The summed E-state index contributed by atoms with van der Waals surface area (Å²) in [4.78, 5) is 12.6. The SMILES string of the molecule is O=C(Nc1cnn(Cc2cccc3ccccc23)c1)c1ccn(COc2ccc(F)cc2F)n1. The van der Waals surface area contributed by atoms with Crippen LogP contribution in [0.1, 0.15) is 16.1 Å². The Hall–Kier alpha value is -4.53. The van der Waals surface area contributed by atoms with E-state index in [2.05, 4.69) is 39.8 Å². The zero-order valence-corrected chi connectivity index (χ0v) is 17.9. The monoisotopic (exact) mass is 459 g/mol. The van der Waals surface area contributed by atoms with Gasteiger partial charge < -0.3 is 10.1 Å². The molecule has 0 fully saturated rings. The smallest absolute Gasteiger partial charge is 0.276 e. The average Bonchev–Trinajstić information content (AvgIpc) is 3.48. The van der Waals surface area contributed by atoms with Gasteiger partial charge in [-0.1, -0.05) is 42.5 Å². The highest BCUT2D eigenvalue weighted by molar-refractivity contribution is 6.02. The van der Waals surface area contributed by atoms with Crippen molar-refractivity contribution in [3.05, 3.63) is 108 Å². The summed E-state index contributed by atoms with van der Waals surface area (Å²) in [5.74, 6) is -2.04. The zero-order chi connectivity index (χ0) is 23.5. The molecule has 2 aromatic heterocycles. The van der Waals surface area contributed by atoms with Gasteiger partial charge in [0, 0.05) is 18.5 Å². The molecule has 1 N–H and O–H groups in total. The van der Waals surface area contributed by atoms with Crippen molar-refractivity contribution in [1.29, 1.82) is 0 Å². The van der Waals surface area contributed by atoms with Gasteiger partial charge in [0.1, 0.15) is 5.82 Å². The molecular formula is C25H19F2N5O2. The lowest BCUT2D eigenvalue weighted by Crippen LogP contribution is -2.14. The second-order valence-electron chi connectivity index (χ2n) is 7.61. The third kappa shape index (κ3) is 4.63. The summed E-state index contributed by atoms with van der Waals surface area (Å²) in [7, 11) is 0. The molecule has 3 aromatic carbocycles. The maximum Gasteiger partial charge on any atom is 0.276 e. The first-order chi connectivity index (χ1) is 16.5. The summed E-state index contributed by atoms with van der Waals surface area (Å²) in [6, 6.07) is 18.8. The first kappa shape index (κ1) is 21.3. The number of fused-ring (bicyclic) bond motifs is 1. The van der Waals surface area contributed by atoms with Crippen LogP contribution in [0.4, 0.5) is 14.5 Å². The van der Waals surface area contributed by atoms with Gasteiger partial charge in [0.15, 0.2) is 24.0 Å². The molecule has 9 heteroatoms. The summed E-state index contributed by atoms with van der Waals surface area (Å²) in [5.41, 5.74) is 1.81. The third-order valence-corrected chi connectivity index (χ3v) is 5.22. The number of ether oxygens (including phenoxy) is 1. The predicted molar refractivity (Wildman–Crippen MR) is 122 cm³/mol. The van der Waals surface area contributed by atoms with Gasteiger partial charge in [-0.3, -0.25) is 9.48 Å². The van der Waals surface area contributed by atoms with Crippen LogP contribution in [0.2, 0.25) is 0 Å². The van der Waals surface area contributed by atoms with E-state index in [0.29, 0.717) is 12.2 Å². The van der Waals surface area contributed by atoms with Crippen molar-refractivity contribution in [2.24, 2.45) is 0 Å². The van der Waals surface area contributed by atoms with Gasteiger partial charge in [-0.15, -0.1) is 0 Å². The molecule has 5 aromatic rings. The first-order valence-electron chi connectivity index (χ1n) is 10.5. The van der Waals surface area contributed by atoms with Gasteiger partial charge in [0.25, 0.3) is 5.91 Å². The number of anilines is 1. The standard InChI is InChI=1S/C25H19F2N5O2/c26-19-8-9-24(22(27)12-19)34-16-31-11-10-23(30-31)25(33)29-20-13-28-32(15-20)14-18-6-3-5-17-4-1-2-7-21(17)18/h1-13,15H,14,16H2,(H,29,33). The second kappa shape index (κ2) is 9.14. The van der Waals surface area contributed by atoms with Crippen LogP contribution in [-0.2, 0) is 13.3 Å². The Morgan fingerprint density at radius 2 is 1.85 bits per heavy atom. The fourth-order valence-corrected chi connectivity index (χ4v) is 3.60. The van der Waals surface area contributed by atoms with Crippen molar-refractivity contribution in [3.63, 3.8) is 0 Å². The number of hydrogen-bond donors (Lipinski definition) is 1. The average molecular weight is 459 g/mol. The molecule has 0 bridgehead atoms. The van der Waals surface area contributed by atoms with Crippen molar-refractivity contribution in [1.82, 2.24) is 19.6 Å². The molecule has 0 aliphatic heterocycles. The van der Waals surface area contributed by atoms with Crippen molar-refractivity contribution >= 4 is 22.4 Å². The van der Waals surface area contributed by atoms with Crippen LogP contribution in [0, 0.1) is 11.6 Å². The van der Waals surface area contributed by atoms with E-state index >= 15 is 0 Å². The van der Waals surface area contributed by atoms with Crippen LogP contribution in [0.15, 0.2) is 85.3 Å². The topological polar surface area (TPSA) is 74.0 Å². The first-order valence-corrected chi connectivity index (χ1v) is 10.5. The summed E-state index contributed by atoms with van der Waals surface area (Å²) in [6.45, 7) is 0.419. The number of amides is 1. The summed E-state index contributed by atoms with van der Waals surface area (Å²) in [6.07, 6.45) is 4.85. The van der Waals surface area contributed by atoms with Crippen LogP contribution in [0.5, 0.6) is 5.75 Å². The molecule has 7 nitrogen and oxygen atoms in total. The minimum absolute atomic E-state index is 0.110. The quantitative estimate of drug-likeness (QED) is 0.378. The Kier molecular flexibility index (Phi) is 5.73. The maximum absolute atomic E-state index is 13.7. The van der Waals surface area contributed by atoms with Gasteiger partial charge in [-0.2, -0.15) is 10.2 Å². The number of hydrogen-bond acceptors (Lipinski definition) is 4. The molecule has 0 unspecified atom stereocenters. The number of nitrogens with one attached hydrogen (secondary N) is 1. The minimum atomic E-state index is -0.814. The molecule has 5 rings (SSSR count). The van der Waals surface area contributed by atoms with E-state index in [9.17, 15) is 13.6 Å². The molecule has 0 saturated carbocycles. The van der Waals surface area contributed by atoms with Crippen LogP contribution in [0.25, 0.3) is 10.8 Å². The van der Waals surface area contributed by atoms with E-state index in [0.717, 1.165) is 28.5 Å². The normalized spacial score (nSPS) is 11.0. The molecule has 0 aliphatic rings. The number of aromatic nitrogens is 4. The highest BCUT2D eigenvalue weighted by atomic mass is 19.1. The van der Waals surface area contributed by atoms with Gasteiger partial charge in [0.05, 0.1) is 18.4 Å². The molecule has 0 radical (unpaired) electrons. The Morgan fingerprint density at radius 3 is 2.74 bits per heavy atom. The molecule has 1 amide bonds. The molecular weight excluding hydrogens is 440 g/mol. The summed E-state index contributed by atoms with van der Waals surface area (Å²) in [5, 5.41) is 13.5. The molecule has 0 spiro atoms. The largest absolute Gasteiger partial charge is 0.468 e. The van der Waals surface area contributed by atoms with Crippen LogP contribution in [0.3, 0.4) is 0 Å². The number of rotatable bonds is 7. The van der Waals surface area contributed by atoms with Crippen molar-refractivity contribution < 1.29 is 18.3 Å². The molecule has 0 saturated heterocycles. The summed E-state index contributed by atoms with van der Waals surface area (Å²) >= 11 is 0. The van der Waals surface area contributed by atoms with Crippen molar-refractivity contribution in [2.45, 2.75) is 13.3 Å². The number of nitrogens with zero attached hydrogens (tertiary/aromatic N) is 4. The van der Waals surface area contributed by atoms with Crippen LogP contribution in [-0.4, -0.2) is 25.5 Å². The lowest BCUT2D eigenvalue weighted by molar-refractivity contribution is 0.102. The van der Waals surface area contributed by atoms with Gasteiger partial charge >= 0.3 is 0 Å². The number of halogens is 2. The Labute approximate surface area is 193 Å². The van der Waals surface area contributed by atoms with Gasteiger partial charge in [0.2, 0.25) is 0 Å². The van der Waals surface area contributed by atoms with Gasteiger partial charge in [-0.05, 0) is 34.5 Å². The zero-order valence-electron chi connectivity index (χ0n) is 17.9. The van der Waals surface area contributed by atoms with Crippen molar-refractivity contribution in [2.75, 3.05) is 5.32 Å². The van der Waals surface area contributed by atoms with E-state index in [1.807, 2.05) is 18.2 Å². The second-order valence-corrected chi connectivity index (χ2v) is 7.61. The molecule has 2 heterocycles. The fraction of sp³-hybridized carbons (Fsp3) is 0.0800. The Bertz CT molecular complexity index is 1470. The molecule has 34 heavy (non-hydrogen) atoms. The predicted octanol–water partition coefficient (Wildman–Crippen LogP) is 4.85. The molecule has 170 valence electrons. The number of benzene rings is 3. The van der Waals surface area contributed by atoms with Gasteiger partial charge in [-0.25, -0.2) is 13.5 Å². The third-order valence-electron chi connectivity index (χ3n) is 5.22. The van der Waals surface area contributed by atoms with E-state index in [1.54, 1.807) is 17.1 Å². The van der Waals surface area contributed by atoms with E-state index in [1.165, 1.54) is 23.0 Å². The summed E-state index contributed by atoms with van der Waals surface area (Å²) < 4.78 is 35.0. The highest BCUT2D eigenvalue weighted by Gasteiger charge is 2.12. The lowest BCUT2D eigenvalue weighted by Gasteiger charge is -2.07. The van der Waals surface area contributed by atoms with E-state index in [4.69, 9.17) is 4.74 Å². The van der Waals surface area contributed by atoms with E-state index in [-0.39, 0.29) is 18.2 Å². The van der Waals surface area contributed by atoms with E-state index < -0.39 is 17.5 Å². The van der Waals surface area contributed by atoms with Crippen LogP contribution >= 0.6 is 0 Å². The number of carbonyl (C=O) groups is 1. The molecule has 0 aliphatic carbocycles. The Morgan fingerprint density at radius 1 is 1.00 bits per heavy atom. The lowest BCUT2D eigenvalue weighted by atomic mass is 10.0. The van der Waals surface area contributed by atoms with Crippen LogP contribution < -0.4 is 10.1 Å². The van der Waals surface area contributed by atoms with Crippen molar-refractivity contribution in [3.8, 4) is 5.75 Å². The molecule has 0 atom stereocenters.